The van der Waals surface area contributed by atoms with E-state index in [2.05, 4.69) is 5.32 Å². The summed E-state index contributed by atoms with van der Waals surface area (Å²) in [7, 11) is 0. The number of aliphatic hydroxyl groups excluding tert-OH is 1. The normalized spacial score (nSPS) is 14.1. The molecule has 0 radical (unpaired) electrons. The molecule has 0 aliphatic carbocycles. The number of hydrogen-bond donors (Lipinski definition) is 4. The van der Waals surface area contributed by atoms with Crippen molar-refractivity contribution in [3.05, 3.63) is 28.8 Å². The zero-order valence-electron chi connectivity index (χ0n) is 12.5. The first-order chi connectivity index (χ1) is 10.0. The Morgan fingerprint density at radius 1 is 1.36 bits per heavy atom. The van der Waals surface area contributed by atoms with Crippen molar-refractivity contribution < 1.29 is 24.5 Å². The smallest absolute Gasteiger partial charge is 0.412 e. The molecular weight excluding hydrogens is 312 g/mol. The maximum Gasteiger partial charge on any atom is 0.412 e. The molecule has 0 fully saturated rings. The standard InChI is InChI=1S/C14H19ClN2O5/c1-14(2,3)22-13(21)17-9-5-4-7(6-8(9)15)11(18)10(16)12(19)20/h4-6,10-11,18H,16H2,1-3H3,(H,17,21)(H,19,20). The third-order valence-electron chi connectivity index (χ3n) is 2.60. The maximum absolute atomic E-state index is 11.7. The van der Waals surface area contributed by atoms with Gasteiger partial charge in [0, 0.05) is 0 Å². The summed E-state index contributed by atoms with van der Waals surface area (Å²) in [5, 5.41) is 21.2. The van der Waals surface area contributed by atoms with E-state index in [0.29, 0.717) is 0 Å². The second-order valence-corrected chi connectivity index (χ2v) is 6.08. The van der Waals surface area contributed by atoms with Crippen molar-refractivity contribution in [3.8, 4) is 0 Å². The van der Waals surface area contributed by atoms with E-state index in [-0.39, 0.29) is 16.3 Å². The summed E-state index contributed by atoms with van der Waals surface area (Å²) in [6, 6.07) is 2.72. The van der Waals surface area contributed by atoms with E-state index in [1.807, 2.05) is 0 Å². The predicted octanol–water partition coefficient (Wildman–Crippen LogP) is 2.13. The number of aliphatic carboxylic acids is 1. The van der Waals surface area contributed by atoms with Gasteiger partial charge < -0.3 is 20.7 Å². The van der Waals surface area contributed by atoms with Crippen molar-refractivity contribution in [2.24, 2.45) is 5.73 Å². The molecule has 0 bridgehead atoms. The lowest BCUT2D eigenvalue weighted by Crippen LogP contribution is -2.36. The van der Waals surface area contributed by atoms with Gasteiger partial charge in [0.1, 0.15) is 17.7 Å². The molecule has 0 aliphatic heterocycles. The summed E-state index contributed by atoms with van der Waals surface area (Å²) in [5.74, 6) is -1.33. The number of hydrogen-bond acceptors (Lipinski definition) is 5. The Kier molecular flexibility index (Phi) is 5.76. The van der Waals surface area contributed by atoms with Crippen LogP contribution in [0.5, 0.6) is 0 Å². The Bertz CT molecular complexity index is 571. The molecule has 1 aromatic rings. The van der Waals surface area contributed by atoms with Crippen LogP contribution in [0, 0.1) is 0 Å². The molecule has 2 unspecified atom stereocenters. The monoisotopic (exact) mass is 330 g/mol. The average Bonchev–Trinajstić information content (AvgIpc) is 2.37. The highest BCUT2D eigenvalue weighted by Gasteiger charge is 2.24. The molecule has 2 atom stereocenters. The molecule has 122 valence electrons. The minimum Gasteiger partial charge on any atom is -0.480 e. The molecule has 1 amide bonds. The van der Waals surface area contributed by atoms with Gasteiger partial charge in [-0.15, -0.1) is 0 Å². The summed E-state index contributed by atoms with van der Waals surface area (Å²) in [5.41, 5.74) is 5.20. The lowest BCUT2D eigenvalue weighted by atomic mass is 10.0. The summed E-state index contributed by atoms with van der Waals surface area (Å²) in [6.07, 6.45) is -2.09. The number of carbonyl (C=O) groups is 2. The number of benzene rings is 1. The van der Waals surface area contributed by atoms with Crippen LogP contribution in [-0.4, -0.2) is 33.9 Å². The molecule has 0 aliphatic rings. The summed E-state index contributed by atoms with van der Waals surface area (Å²) < 4.78 is 5.09. The van der Waals surface area contributed by atoms with Crippen molar-refractivity contribution in [2.45, 2.75) is 38.5 Å². The molecule has 0 heterocycles. The van der Waals surface area contributed by atoms with Crippen LogP contribution in [0.15, 0.2) is 18.2 Å². The first kappa shape index (κ1) is 18.2. The van der Waals surface area contributed by atoms with Crippen molar-refractivity contribution >= 4 is 29.4 Å². The number of halogens is 1. The molecule has 22 heavy (non-hydrogen) atoms. The van der Waals surface area contributed by atoms with Crippen molar-refractivity contribution in [1.82, 2.24) is 0 Å². The SMILES string of the molecule is CC(C)(C)OC(=O)Nc1ccc(C(O)C(N)C(=O)O)cc1Cl. The van der Waals surface area contributed by atoms with Crippen molar-refractivity contribution in [3.63, 3.8) is 0 Å². The van der Waals surface area contributed by atoms with E-state index in [4.69, 9.17) is 27.2 Å². The van der Waals surface area contributed by atoms with Crippen LogP contribution in [-0.2, 0) is 9.53 Å². The second-order valence-electron chi connectivity index (χ2n) is 5.68. The lowest BCUT2D eigenvalue weighted by Gasteiger charge is -2.20. The van der Waals surface area contributed by atoms with Gasteiger partial charge in [0.15, 0.2) is 0 Å². The van der Waals surface area contributed by atoms with Gasteiger partial charge in [-0.1, -0.05) is 17.7 Å². The van der Waals surface area contributed by atoms with Crippen LogP contribution in [0.2, 0.25) is 5.02 Å². The van der Waals surface area contributed by atoms with E-state index in [1.165, 1.54) is 18.2 Å². The molecule has 8 heteroatoms. The molecule has 0 aromatic heterocycles. The number of amides is 1. The topological polar surface area (TPSA) is 122 Å². The lowest BCUT2D eigenvalue weighted by molar-refractivity contribution is -0.141. The number of aliphatic hydroxyl groups is 1. The van der Waals surface area contributed by atoms with Gasteiger partial charge >= 0.3 is 12.1 Å². The van der Waals surface area contributed by atoms with Crippen LogP contribution in [0.25, 0.3) is 0 Å². The Morgan fingerprint density at radius 3 is 2.41 bits per heavy atom. The fourth-order valence-electron chi connectivity index (χ4n) is 1.57. The van der Waals surface area contributed by atoms with E-state index >= 15 is 0 Å². The van der Waals surface area contributed by atoms with Crippen molar-refractivity contribution in [2.75, 3.05) is 5.32 Å². The van der Waals surface area contributed by atoms with Crippen LogP contribution in [0.4, 0.5) is 10.5 Å². The van der Waals surface area contributed by atoms with Gasteiger partial charge in [-0.05, 0) is 38.5 Å². The highest BCUT2D eigenvalue weighted by atomic mass is 35.5. The number of carbonyl (C=O) groups excluding carboxylic acids is 1. The number of nitrogens with two attached hydrogens (primary N) is 1. The van der Waals surface area contributed by atoms with E-state index in [0.717, 1.165) is 0 Å². The molecule has 7 nitrogen and oxygen atoms in total. The Hall–Kier alpha value is -1.83. The van der Waals surface area contributed by atoms with Gasteiger partial charge in [0.25, 0.3) is 0 Å². The molecule has 1 aromatic carbocycles. The van der Waals surface area contributed by atoms with Crippen LogP contribution >= 0.6 is 11.6 Å². The summed E-state index contributed by atoms with van der Waals surface area (Å²) >= 11 is 6.00. The molecule has 0 saturated heterocycles. The zero-order chi connectivity index (χ0) is 17.1. The van der Waals surface area contributed by atoms with Gasteiger partial charge in [0.05, 0.1) is 10.7 Å². The van der Waals surface area contributed by atoms with E-state index < -0.39 is 29.8 Å². The average molecular weight is 331 g/mol. The molecule has 5 N–H and O–H groups in total. The number of carboxylic acids is 1. The van der Waals surface area contributed by atoms with Gasteiger partial charge in [-0.25, -0.2) is 4.79 Å². The van der Waals surface area contributed by atoms with E-state index in [1.54, 1.807) is 20.8 Å². The largest absolute Gasteiger partial charge is 0.480 e. The van der Waals surface area contributed by atoms with Crippen LogP contribution in [0.1, 0.15) is 32.4 Å². The Balaban J connectivity index is 2.86. The fourth-order valence-corrected chi connectivity index (χ4v) is 1.81. The predicted molar refractivity (Wildman–Crippen MR) is 81.9 cm³/mol. The summed E-state index contributed by atoms with van der Waals surface area (Å²) in [6.45, 7) is 5.17. The van der Waals surface area contributed by atoms with Crippen molar-refractivity contribution in [1.29, 1.82) is 0 Å². The van der Waals surface area contributed by atoms with E-state index in [9.17, 15) is 14.7 Å². The first-order valence-electron chi connectivity index (χ1n) is 6.47. The maximum atomic E-state index is 11.7. The Labute approximate surface area is 133 Å². The molecule has 0 spiro atoms. The van der Waals surface area contributed by atoms with Gasteiger partial charge in [-0.3, -0.25) is 10.1 Å². The highest BCUT2D eigenvalue weighted by Crippen LogP contribution is 2.27. The number of nitrogens with one attached hydrogen (secondary N) is 1. The third-order valence-corrected chi connectivity index (χ3v) is 2.91. The first-order valence-corrected chi connectivity index (χ1v) is 6.85. The second kappa shape index (κ2) is 6.95. The third kappa shape index (κ3) is 5.18. The number of anilines is 1. The van der Waals surface area contributed by atoms with Gasteiger partial charge in [-0.2, -0.15) is 0 Å². The number of carboxylic acid groups (broad SMARTS) is 1. The Morgan fingerprint density at radius 2 is 1.95 bits per heavy atom. The molecule has 0 saturated carbocycles. The number of ether oxygens (including phenoxy) is 1. The highest BCUT2D eigenvalue weighted by molar-refractivity contribution is 6.33. The minimum atomic E-state index is -1.47. The van der Waals surface area contributed by atoms with Gasteiger partial charge in [0.2, 0.25) is 0 Å². The van der Waals surface area contributed by atoms with Crippen LogP contribution < -0.4 is 11.1 Å². The van der Waals surface area contributed by atoms with Crippen LogP contribution in [0.3, 0.4) is 0 Å². The zero-order valence-corrected chi connectivity index (χ0v) is 13.2. The fraction of sp³-hybridized carbons (Fsp3) is 0.429. The number of rotatable bonds is 4. The molecular formula is C14H19ClN2O5. The molecule has 1 rings (SSSR count). The summed E-state index contributed by atoms with van der Waals surface area (Å²) in [4.78, 5) is 22.4. The quantitative estimate of drug-likeness (QED) is 0.671. The minimum absolute atomic E-state index is 0.125.